The summed E-state index contributed by atoms with van der Waals surface area (Å²) in [6.07, 6.45) is -5.91. The Kier molecular flexibility index (Phi) is 7.36. The van der Waals surface area contributed by atoms with Gasteiger partial charge in [-0.3, -0.25) is 14.5 Å². The zero-order chi connectivity index (χ0) is 23.5. The van der Waals surface area contributed by atoms with Crippen LogP contribution in [0.15, 0.2) is 18.2 Å². The van der Waals surface area contributed by atoms with Gasteiger partial charge in [-0.2, -0.15) is 26.3 Å². The van der Waals surface area contributed by atoms with E-state index in [2.05, 4.69) is 0 Å². The van der Waals surface area contributed by atoms with Gasteiger partial charge in [-0.15, -0.1) is 0 Å². The van der Waals surface area contributed by atoms with E-state index in [4.69, 9.17) is 0 Å². The molecule has 11 heteroatoms. The van der Waals surface area contributed by atoms with Gasteiger partial charge in [0.25, 0.3) is 5.91 Å². The third kappa shape index (κ3) is 6.14. The number of hydrogen-bond acceptors (Lipinski definition) is 3. The molecule has 0 radical (unpaired) electrons. The molecule has 0 N–H and O–H groups in total. The van der Waals surface area contributed by atoms with Crippen LogP contribution in [0, 0.1) is 0 Å². The second kappa shape index (κ2) is 9.68. The molecule has 1 aromatic carbocycles. The lowest BCUT2D eigenvalue weighted by molar-refractivity contribution is -0.143. The number of halogens is 6. The Morgan fingerprint density at radius 2 is 1.19 bits per heavy atom. The molecule has 0 aliphatic carbocycles. The maximum atomic E-state index is 13.1. The first-order valence-electron chi connectivity index (χ1n) is 10.5. The molecule has 0 saturated carbocycles. The van der Waals surface area contributed by atoms with Crippen LogP contribution in [0.2, 0.25) is 0 Å². The summed E-state index contributed by atoms with van der Waals surface area (Å²) in [7, 11) is 0. The van der Waals surface area contributed by atoms with E-state index < -0.39 is 35.0 Å². The SMILES string of the molecule is O=C(CN1CCN(C(=O)c2cc(C(F)(F)F)cc(C(F)(F)F)c2)CC1)N1CCCCCC1. The Bertz CT molecular complexity index is 792. The van der Waals surface area contributed by atoms with Crippen LogP contribution in [0.1, 0.15) is 47.2 Å². The smallest absolute Gasteiger partial charge is 0.342 e. The van der Waals surface area contributed by atoms with Crippen LogP contribution in [-0.4, -0.2) is 72.3 Å². The second-order valence-corrected chi connectivity index (χ2v) is 8.16. The molecule has 0 atom stereocenters. The largest absolute Gasteiger partial charge is 0.416 e. The standard InChI is InChI=1S/C21H25F6N3O2/c22-20(23,24)16-11-15(12-17(13-16)21(25,26)27)19(32)30-9-7-28(8-10-30)14-18(31)29-5-3-1-2-4-6-29/h11-13H,1-10,14H2. The molecule has 2 aliphatic heterocycles. The average molecular weight is 465 g/mol. The van der Waals surface area contributed by atoms with E-state index in [0.717, 1.165) is 25.7 Å². The summed E-state index contributed by atoms with van der Waals surface area (Å²) < 4.78 is 78.4. The highest BCUT2D eigenvalue weighted by Gasteiger charge is 2.38. The number of carbonyl (C=O) groups is 2. The van der Waals surface area contributed by atoms with Gasteiger partial charge in [0.05, 0.1) is 17.7 Å². The Morgan fingerprint density at radius 1 is 0.688 bits per heavy atom. The highest BCUT2D eigenvalue weighted by molar-refractivity contribution is 5.94. The molecule has 0 aromatic heterocycles. The zero-order valence-electron chi connectivity index (χ0n) is 17.4. The van der Waals surface area contributed by atoms with E-state index >= 15 is 0 Å². The number of piperazine rings is 1. The van der Waals surface area contributed by atoms with Crippen molar-refractivity contribution in [2.45, 2.75) is 38.0 Å². The maximum absolute atomic E-state index is 13.1. The van der Waals surface area contributed by atoms with Crippen molar-refractivity contribution < 1.29 is 35.9 Å². The molecule has 0 unspecified atom stereocenters. The van der Waals surface area contributed by atoms with Gasteiger partial charge in [-0.1, -0.05) is 12.8 Å². The number of amides is 2. The lowest BCUT2D eigenvalue weighted by Crippen LogP contribution is -2.51. The van der Waals surface area contributed by atoms with Crippen molar-refractivity contribution >= 4 is 11.8 Å². The minimum Gasteiger partial charge on any atom is -0.342 e. The highest BCUT2D eigenvalue weighted by atomic mass is 19.4. The van der Waals surface area contributed by atoms with Crippen LogP contribution in [-0.2, 0) is 17.1 Å². The predicted octanol–water partition coefficient (Wildman–Crippen LogP) is 3.88. The van der Waals surface area contributed by atoms with Crippen molar-refractivity contribution in [3.8, 4) is 0 Å². The predicted molar refractivity (Wildman–Crippen MR) is 104 cm³/mol. The van der Waals surface area contributed by atoms with Crippen molar-refractivity contribution in [2.75, 3.05) is 45.8 Å². The lowest BCUT2D eigenvalue weighted by Gasteiger charge is -2.35. The Morgan fingerprint density at radius 3 is 1.66 bits per heavy atom. The summed E-state index contributed by atoms with van der Waals surface area (Å²) in [6, 6.07) is 0.906. The summed E-state index contributed by atoms with van der Waals surface area (Å²) in [5, 5.41) is 0. The van der Waals surface area contributed by atoms with E-state index in [1.165, 1.54) is 4.90 Å². The van der Waals surface area contributed by atoms with Crippen molar-refractivity contribution in [2.24, 2.45) is 0 Å². The van der Waals surface area contributed by atoms with Crippen LogP contribution in [0.4, 0.5) is 26.3 Å². The van der Waals surface area contributed by atoms with Crippen LogP contribution < -0.4 is 0 Å². The van der Waals surface area contributed by atoms with E-state index in [-0.39, 0.29) is 31.6 Å². The monoisotopic (exact) mass is 465 g/mol. The Balaban J connectivity index is 1.64. The van der Waals surface area contributed by atoms with Crippen LogP contribution in [0.5, 0.6) is 0 Å². The number of rotatable bonds is 3. The first-order valence-corrected chi connectivity index (χ1v) is 10.5. The van der Waals surface area contributed by atoms with Gasteiger partial charge < -0.3 is 9.80 Å². The minimum atomic E-state index is -5.01. The molecule has 1 aromatic rings. The van der Waals surface area contributed by atoms with Crippen molar-refractivity contribution in [1.29, 1.82) is 0 Å². The van der Waals surface area contributed by atoms with Crippen LogP contribution >= 0.6 is 0 Å². The first kappa shape index (κ1) is 24.3. The molecule has 32 heavy (non-hydrogen) atoms. The van der Waals surface area contributed by atoms with Crippen molar-refractivity contribution in [3.05, 3.63) is 34.9 Å². The maximum Gasteiger partial charge on any atom is 0.416 e. The van der Waals surface area contributed by atoms with Gasteiger partial charge in [0, 0.05) is 44.8 Å². The average Bonchev–Trinajstić information content (AvgIpc) is 3.02. The van der Waals surface area contributed by atoms with E-state index in [9.17, 15) is 35.9 Å². The molecule has 2 amide bonds. The van der Waals surface area contributed by atoms with Gasteiger partial charge in [-0.25, -0.2) is 0 Å². The van der Waals surface area contributed by atoms with Crippen molar-refractivity contribution in [1.82, 2.24) is 14.7 Å². The summed E-state index contributed by atoms with van der Waals surface area (Å²) in [6.45, 7) is 2.48. The number of carbonyl (C=O) groups excluding carboxylic acids is 2. The molecule has 0 bridgehead atoms. The fraction of sp³-hybridized carbons (Fsp3) is 0.619. The highest BCUT2D eigenvalue weighted by Crippen LogP contribution is 2.36. The second-order valence-electron chi connectivity index (χ2n) is 8.16. The third-order valence-corrected chi connectivity index (χ3v) is 5.81. The molecule has 2 fully saturated rings. The summed E-state index contributed by atoms with van der Waals surface area (Å²) >= 11 is 0. The number of benzene rings is 1. The topological polar surface area (TPSA) is 43.9 Å². The fourth-order valence-electron chi connectivity index (χ4n) is 3.98. The van der Waals surface area contributed by atoms with E-state index in [0.29, 0.717) is 38.3 Å². The van der Waals surface area contributed by atoms with Gasteiger partial charge in [-0.05, 0) is 31.0 Å². The van der Waals surface area contributed by atoms with Gasteiger partial charge in [0.2, 0.25) is 5.91 Å². The number of alkyl halides is 6. The third-order valence-electron chi connectivity index (χ3n) is 5.81. The molecule has 5 nitrogen and oxygen atoms in total. The Labute approximate surface area is 181 Å². The molecule has 2 aliphatic rings. The van der Waals surface area contributed by atoms with Crippen LogP contribution in [0.25, 0.3) is 0 Å². The molecule has 2 heterocycles. The summed E-state index contributed by atoms with van der Waals surface area (Å²) in [5.41, 5.74) is -3.68. The van der Waals surface area contributed by atoms with Gasteiger partial charge in [0.1, 0.15) is 0 Å². The molecular weight excluding hydrogens is 440 g/mol. The van der Waals surface area contributed by atoms with E-state index in [1.54, 1.807) is 0 Å². The molecule has 0 spiro atoms. The molecule has 2 saturated heterocycles. The Hall–Kier alpha value is -2.30. The number of hydrogen-bond donors (Lipinski definition) is 0. The van der Waals surface area contributed by atoms with Gasteiger partial charge >= 0.3 is 12.4 Å². The fourth-order valence-corrected chi connectivity index (χ4v) is 3.98. The van der Waals surface area contributed by atoms with Crippen molar-refractivity contribution in [3.63, 3.8) is 0 Å². The number of likely N-dealkylation sites (tertiary alicyclic amines) is 1. The normalized spacial score (nSPS) is 19.1. The minimum absolute atomic E-state index is 0.000580. The quantitative estimate of drug-likeness (QED) is 0.637. The van der Waals surface area contributed by atoms with Gasteiger partial charge in [0.15, 0.2) is 0 Å². The molecule has 178 valence electrons. The molecule has 3 rings (SSSR count). The first-order chi connectivity index (χ1) is 14.9. The summed E-state index contributed by atoms with van der Waals surface area (Å²) in [4.78, 5) is 30.1. The number of nitrogens with zero attached hydrogens (tertiary/aromatic N) is 3. The zero-order valence-corrected chi connectivity index (χ0v) is 17.4. The summed E-state index contributed by atoms with van der Waals surface area (Å²) in [5.74, 6) is -0.889. The molecular formula is C21H25F6N3O2. The van der Waals surface area contributed by atoms with E-state index in [1.807, 2.05) is 9.80 Å². The van der Waals surface area contributed by atoms with Crippen LogP contribution in [0.3, 0.4) is 0 Å². The lowest BCUT2D eigenvalue weighted by atomic mass is 10.0.